The van der Waals surface area contributed by atoms with E-state index in [1.165, 1.54) is 10.6 Å². The van der Waals surface area contributed by atoms with Gasteiger partial charge in [-0.05, 0) is 36.4 Å². The van der Waals surface area contributed by atoms with Gasteiger partial charge in [-0.15, -0.1) is 0 Å². The van der Waals surface area contributed by atoms with Crippen LogP contribution >= 0.6 is 23.4 Å². The van der Waals surface area contributed by atoms with E-state index >= 15 is 0 Å². The Labute approximate surface area is 187 Å². The first-order chi connectivity index (χ1) is 15.2. The molecule has 3 aromatic carbocycles. The van der Waals surface area contributed by atoms with Gasteiger partial charge in [0, 0.05) is 11.0 Å². The zero-order chi connectivity index (χ0) is 23.0. The molecule has 0 atom stereocenters. The molecule has 4 aromatic rings. The lowest BCUT2D eigenvalue weighted by atomic mass is 10.2. The fraction of sp³-hybridized carbons (Fsp3) is 0.0476. The molecule has 0 fully saturated rings. The molecular formula is C21H11ClF3N3O3S. The van der Waals surface area contributed by atoms with Gasteiger partial charge in [0.25, 0.3) is 11.2 Å². The van der Waals surface area contributed by atoms with Crippen LogP contribution in [0, 0.1) is 10.1 Å². The average Bonchev–Trinajstić information content (AvgIpc) is 2.74. The van der Waals surface area contributed by atoms with E-state index in [1.54, 1.807) is 48.5 Å². The highest BCUT2D eigenvalue weighted by Crippen LogP contribution is 2.40. The van der Waals surface area contributed by atoms with Crippen molar-refractivity contribution in [1.29, 1.82) is 0 Å². The lowest BCUT2D eigenvalue weighted by molar-refractivity contribution is -0.388. The Morgan fingerprint density at radius 1 is 1.03 bits per heavy atom. The van der Waals surface area contributed by atoms with E-state index < -0.39 is 27.9 Å². The van der Waals surface area contributed by atoms with Gasteiger partial charge in [-0.3, -0.25) is 19.5 Å². The molecule has 0 unspecified atom stereocenters. The van der Waals surface area contributed by atoms with Crippen molar-refractivity contribution in [3.8, 4) is 5.69 Å². The summed E-state index contributed by atoms with van der Waals surface area (Å²) in [7, 11) is 0. The summed E-state index contributed by atoms with van der Waals surface area (Å²) in [6, 6.07) is 15.6. The average molecular weight is 478 g/mol. The summed E-state index contributed by atoms with van der Waals surface area (Å²) >= 11 is 7.05. The Hall–Kier alpha value is -3.37. The minimum atomic E-state index is -4.93. The Bertz CT molecular complexity index is 1420. The lowest BCUT2D eigenvalue weighted by Gasteiger charge is -2.15. The molecule has 0 saturated heterocycles. The summed E-state index contributed by atoms with van der Waals surface area (Å²) in [6.07, 6.45) is -4.93. The van der Waals surface area contributed by atoms with Gasteiger partial charge in [0.1, 0.15) is 5.56 Å². The number of fused-ring (bicyclic) bond motifs is 1. The standard InChI is InChI=1S/C21H11ClF3N3O3S/c22-15-6-2-4-8-18(15)27-19(29)13-5-1-3-7-16(13)26-20(27)32-12-9-10-17(28(30)31)14(11-12)21(23,24)25/h1-11H. The van der Waals surface area contributed by atoms with Crippen LogP contribution in [0.4, 0.5) is 18.9 Å². The number of alkyl halides is 3. The van der Waals surface area contributed by atoms with Crippen molar-refractivity contribution in [2.45, 2.75) is 16.2 Å². The predicted molar refractivity (Wildman–Crippen MR) is 115 cm³/mol. The van der Waals surface area contributed by atoms with E-state index in [4.69, 9.17) is 11.6 Å². The number of nitrogens with zero attached hydrogens (tertiary/aromatic N) is 3. The number of nitro groups is 1. The topological polar surface area (TPSA) is 78.0 Å². The first-order valence-corrected chi connectivity index (χ1v) is 10.2. The van der Waals surface area contributed by atoms with Crippen LogP contribution in [0.3, 0.4) is 0 Å². The SMILES string of the molecule is O=c1c2ccccc2nc(Sc2ccc([N+](=O)[O-])c(C(F)(F)F)c2)n1-c1ccccc1Cl. The Morgan fingerprint density at radius 2 is 1.72 bits per heavy atom. The van der Waals surface area contributed by atoms with Crippen LogP contribution in [0.15, 0.2) is 81.6 Å². The minimum absolute atomic E-state index is 0.0194. The van der Waals surface area contributed by atoms with Gasteiger partial charge in [0.05, 0.1) is 26.5 Å². The van der Waals surface area contributed by atoms with Crippen LogP contribution in [-0.2, 0) is 6.18 Å². The van der Waals surface area contributed by atoms with E-state index in [0.717, 1.165) is 17.8 Å². The monoisotopic (exact) mass is 477 g/mol. The summed E-state index contributed by atoms with van der Waals surface area (Å²) in [5, 5.41) is 11.6. The normalized spacial score (nSPS) is 11.6. The summed E-state index contributed by atoms with van der Waals surface area (Å²) in [5.74, 6) is 0. The summed E-state index contributed by atoms with van der Waals surface area (Å²) in [6.45, 7) is 0. The highest BCUT2D eigenvalue weighted by atomic mass is 35.5. The second-order valence-corrected chi connectivity index (χ2v) is 7.99. The van der Waals surface area contributed by atoms with Gasteiger partial charge in [-0.1, -0.05) is 47.6 Å². The molecule has 0 aliphatic rings. The third kappa shape index (κ3) is 4.06. The maximum atomic E-state index is 13.4. The number of aromatic nitrogens is 2. The van der Waals surface area contributed by atoms with Crippen molar-refractivity contribution >= 4 is 40.0 Å². The molecule has 1 aromatic heterocycles. The first kappa shape index (κ1) is 21.8. The van der Waals surface area contributed by atoms with Gasteiger partial charge in [-0.2, -0.15) is 13.2 Å². The molecule has 11 heteroatoms. The fourth-order valence-electron chi connectivity index (χ4n) is 3.10. The Kier molecular flexibility index (Phi) is 5.66. The smallest absolute Gasteiger partial charge is 0.268 e. The molecule has 0 spiro atoms. The van der Waals surface area contributed by atoms with Crippen molar-refractivity contribution in [3.05, 3.63) is 97.8 Å². The van der Waals surface area contributed by atoms with Crippen LogP contribution in [0.2, 0.25) is 5.02 Å². The number of nitro benzene ring substituents is 1. The highest BCUT2D eigenvalue weighted by Gasteiger charge is 2.38. The van der Waals surface area contributed by atoms with Gasteiger partial charge in [-0.25, -0.2) is 4.98 Å². The fourth-order valence-corrected chi connectivity index (χ4v) is 4.26. The molecule has 1 heterocycles. The molecule has 32 heavy (non-hydrogen) atoms. The van der Waals surface area contributed by atoms with Crippen molar-refractivity contribution < 1.29 is 18.1 Å². The molecule has 4 rings (SSSR count). The van der Waals surface area contributed by atoms with Crippen LogP contribution in [0.1, 0.15) is 5.56 Å². The van der Waals surface area contributed by atoms with Crippen LogP contribution < -0.4 is 5.56 Å². The summed E-state index contributed by atoms with van der Waals surface area (Å²) in [5.41, 5.74) is -2.25. The molecule has 0 bridgehead atoms. The number of benzene rings is 3. The van der Waals surface area contributed by atoms with Crippen molar-refractivity contribution in [2.24, 2.45) is 0 Å². The first-order valence-electron chi connectivity index (χ1n) is 8.97. The summed E-state index contributed by atoms with van der Waals surface area (Å²) < 4.78 is 41.4. The maximum absolute atomic E-state index is 13.4. The van der Waals surface area contributed by atoms with Crippen LogP contribution in [0.25, 0.3) is 16.6 Å². The Morgan fingerprint density at radius 3 is 2.41 bits per heavy atom. The van der Waals surface area contributed by atoms with Crippen LogP contribution in [-0.4, -0.2) is 14.5 Å². The van der Waals surface area contributed by atoms with E-state index in [9.17, 15) is 28.1 Å². The lowest BCUT2D eigenvalue weighted by Crippen LogP contribution is -2.22. The molecule has 0 radical (unpaired) electrons. The molecule has 0 amide bonds. The Balaban J connectivity index is 1.94. The quantitative estimate of drug-likeness (QED) is 0.201. The summed E-state index contributed by atoms with van der Waals surface area (Å²) in [4.78, 5) is 27.7. The third-order valence-electron chi connectivity index (χ3n) is 4.52. The third-order valence-corrected chi connectivity index (χ3v) is 5.78. The number of para-hydroxylation sites is 2. The molecule has 0 N–H and O–H groups in total. The van der Waals surface area contributed by atoms with Gasteiger partial charge >= 0.3 is 6.18 Å². The molecule has 0 aliphatic heterocycles. The molecular weight excluding hydrogens is 467 g/mol. The van der Waals surface area contributed by atoms with Gasteiger partial charge in [0.2, 0.25) is 0 Å². The van der Waals surface area contributed by atoms with Crippen molar-refractivity contribution in [1.82, 2.24) is 9.55 Å². The zero-order valence-corrected chi connectivity index (χ0v) is 17.4. The molecule has 0 saturated carbocycles. The maximum Gasteiger partial charge on any atom is 0.423 e. The largest absolute Gasteiger partial charge is 0.423 e. The molecule has 0 aliphatic carbocycles. The van der Waals surface area contributed by atoms with Gasteiger partial charge < -0.3 is 0 Å². The van der Waals surface area contributed by atoms with E-state index in [0.29, 0.717) is 22.7 Å². The minimum Gasteiger partial charge on any atom is -0.268 e. The highest BCUT2D eigenvalue weighted by molar-refractivity contribution is 7.99. The van der Waals surface area contributed by atoms with Crippen molar-refractivity contribution in [2.75, 3.05) is 0 Å². The second kappa shape index (κ2) is 8.29. The van der Waals surface area contributed by atoms with Gasteiger partial charge in [0.15, 0.2) is 5.16 Å². The molecule has 6 nitrogen and oxygen atoms in total. The number of hydrogen-bond acceptors (Lipinski definition) is 5. The van der Waals surface area contributed by atoms with Crippen molar-refractivity contribution in [3.63, 3.8) is 0 Å². The molecule has 162 valence electrons. The van der Waals surface area contributed by atoms with Crippen LogP contribution in [0.5, 0.6) is 0 Å². The zero-order valence-electron chi connectivity index (χ0n) is 15.8. The predicted octanol–water partition coefficient (Wildman–Crippen LogP) is 6.12. The number of rotatable bonds is 4. The van der Waals surface area contributed by atoms with E-state index in [-0.39, 0.29) is 15.1 Å². The second-order valence-electron chi connectivity index (χ2n) is 6.54. The number of hydrogen-bond donors (Lipinski definition) is 0. The van der Waals surface area contributed by atoms with E-state index in [1.807, 2.05) is 0 Å². The van der Waals surface area contributed by atoms with E-state index in [2.05, 4.69) is 4.98 Å². The number of halogens is 4.